The van der Waals surface area contributed by atoms with Gasteiger partial charge in [0.1, 0.15) is 6.07 Å². The van der Waals surface area contributed by atoms with Gasteiger partial charge in [-0.05, 0) is 91.7 Å². The molecule has 0 saturated carbocycles. The van der Waals surface area contributed by atoms with Gasteiger partial charge in [0.2, 0.25) is 0 Å². The highest BCUT2D eigenvalue weighted by Gasteiger charge is 2.31. The van der Waals surface area contributed by atoms with Gasteiger partial charge in [0, 0.05) is 27.1 Å². The average molecular weight is 631 g/mol. The van der Waals surface area contributed by atoms with E-state index in [1.54, 1.807) is 6.07 Å². The van der Waals surface area contributed by atoms with Crippen LogP contribution in [0.1, 0.15) is 22.3 Å². The van der Waals surface area contributed by atoms with Gasteiger partial charge in [-0.1, -0.05) is 59.7 Å². The number of aryl methyl sites for hydroxylation is 2. The van der Waals surface area contributed by atoms with Gasteiger partial charge >= 0.3 is 6.18 Å². The zero-order valence-corrected chi connectivity index (χ0v) is 25.9. The van der Waals surface area contributed by atoms with Crippen LogP contribution in [0.15, 0.2) is 115 Å². The van der Waals surface area contributed by atoms with Crippen LogP contribution in [0.4, 0.5) is 18.9 Å². The lowest BCUT2D eigenvalue weighted by Gasteiger charge is -2.20. The van der Waals surface area contributed by atoms with Gasteiger partial charge in [-0.2, -0.15) is 18.4 Å². The summed E-state index contributed by atoms with van der Waals surface area (Å²) in [4.78, 5) is 3.35. The Kier molecular flexibility index (Phi) is 6.44. The third kappa shape index (κ3) is 4.44. The van der Waals surface area contributed by atoms with E-state index in [0.29, 0.717) is 16.9 Å². The number of para-hydroxylation sites is 2. The number of rotatable bonds is 3. The van der Waals surface area contributed by atoms with Gasteiger partial charge in [-0.25, -0.2) is 4.85 Å². The number of hydrogen-bond donors (Lipinski definition) is 0. The van der Waals surface area contributed by atoms with Crippen molar-refractivity contribution in [2.45, 2.75) is 20.0 Å². The maximum Gasteiger partial charge on any atom is 0.415 e. The molecule has 0 N–H and O–H groups in total. The predicted molar refractivity (Wildman–Crippen MR) is 186 cm³/mol. The quantitative estimate of drug-likeness (QED) is 0.179. The molecular formula is C41H25F3N4. The molecule has 48 heavy (non-hydrogen) atoms. The van der Waals surface area contributed by atoms with Crippen LogP contribution in [0.3, 0.4) is 0 Å². The van der Waals surface area contributed by atoms with E-state index in [1.165, 1.54) is 6.07 Å². The number of halogens is 3. The van der Waals surface area contributed by atoms with Crippen molar-refractivity contribution in [3.63, 3.8) is 0 Å². The summed E-state index contributed by atoms with van der Waals surface area (Å²) in [7, 11) is 0. The van der Waals surface area contributed by atoms with E-state index >= 15 is 0 Å². The molecule has 0 aliphatic heterocycles. The summed E-state index contributed by atoms with van der Waals surface area (Å²) in [6.07, 6.45) is -4.65. The number of benzene rings is 6. The Balaban J connectivity index is 1.58. The minimum atomic E-state index is -4.65. The summed E-state index contributed by atoms with van der Waals surface area (Å²) in [5, 5.41) is 14.9. The molecule has 0 aliphatic rings. The molecule has 6 aromatic carbocycles. The van der Waals surface area contributed by atoms with Crippen LogP contribution in [0, 0.1) is 31.8 Å². The Morgan fingerprint density at radius 2 is 1.17 bits per heavy atom. The van der Waals surface area contributed by atoms with E-state index in [-0.39, 0.29) is 16.8 Å². The highest BCUT2D eigenvalue weighted by Crippen LogP contribution is 2.43. The van der Waals surface area contributed by atoms with Crippen LogP contribution >= 0.6 is 0 Å². The van der Waals surface area contributed by atoms with Crippen LogP contribution < -0.4 is 0 Å². The van der Waals surface area contributed by atoms with Gasteiger partial charge in [-0.3, -0.25) is 0 Å². The fraction of sp³-hybridized carbons (Fsp3) is 0.0732. The third-order valence-corrected chi connectivity index (χ3v) is 9.04. The molecule has 0 bridgehead atoms. The SMILES string of the molecule is [C-]#[N+]c1cc(-c2cc(C#N)c(-n3c4ccccc4c4cc(C)ccc43)c(-n3c4ccccc4c4cc(C)ccc43)c2)cc(C(F)(F)F)c1. The summed E-state index contributed by atoms with van der Waals surface area (Å²) in [5.74, 6) is 0. The Morgan fingerprint density at radius 1 is 0.625 bits per heavy atom. The molecule has 2 aromatic heterocycles. The highest BCUT2D eigenvalue weighted by atomic mass is 19.4. The summed E-state index contributed by atoms with van der Waals surface area (Å²) in [6, 6.07) is 37.7. The van der Waals surface area contributed by atoms with Gasteiger partial charge in [-0.15, -0.1) is 0 Å². The van der Waals surface area contributed by atoms with E-state index < -0.39 is 11.7 Å². The second-order valence-corrected chi connectivity index (χ2v) is 12.1. The zero-order valence-electron chi connectivity index (χ0n) is 25.9. The maximum atomic E-state index is 14.0. The van der Waals surface area contributed by atoms with Crippen molar-refractivity contribution >= 4 is 49.3 Å². The Labute approximate surface area is 273 Å². The molecule has 8 aromatic rings. The molecule has 2 heterocycles. The highest BCUT2D eigenvalue weighted by molar-refractivity contribution is 6.12. The molecule has 230 valence electrons. The Hall–Kier alpha value is -6.31. The number of aromatic nitrogens is 2. The average Bonchev–Trinajstić information content (AvgIpc) is 3.59. The zero-order chi connectivity index (χ0) is 33.3. The molecule has 4 nitrogen and oxygen atoms in total. The van der Waals surface area contributed by atoms with Crippen molar-refractivity contribution in [3.8, 4) is 28.6 Å². The molecule has 0 saturated heterocycles. The topological polar surface area (TPSA) is 38.0 Å². The summed E-state index contributed by atoms with van der Waals surface area (Å²) in [5.41, 5.74) is 6.85. The van der Waals surface area contributed by atoms with Crippen molar-refractivity contribution in [1.82, 2.24) is 9.13 Å². The van der Waals surface area contributed by atoms with Crippen molar-refractivity contribution < 1.29 is 13.2 Å². The first kappa shape index (κ1) is 29.1. The molecule has 0 fully saturated rings. The number of nitriles is 1. The van der Waals surface area contributed by atoms with Gasteiger partial charge < -0.3 is 9.13 Å². The van der Waals surface area contributed by atoms with E-state index in [1.807, 2.05) is 80.6 Å². The molecule has 7 heteroatoms. The van der Waals surface area contributed by atoms with Crippen LogP contribution in [-0.2, 0) is 6.18 Å². The molecule has 8 rings (SSSR count). The molecule has 0 radical (unpaired) electrons. The number of alkyl halides is 3. The minimum Gasteiger partial charge on any atom is -0.307 e. The van der Waals surface area contributed by atoms with Crippen LogP contribution in [0.25, 0.3) is 71.0 Å². The van der Waals surface area contributed by atoms with Crippen molar-refractivity contribution in [3.05, 3.63) is 149 Å². The first-order chi connectivity index (χ1) is 23.2. The Morgan fingerprint density at radius 3 is 1.75 bits per heavy atom. The third-order valence-electron chi connectivity index (χ3n) is 9.04. The van der Waals surface area contributed by atoms with E-state index in [9.17, 15) is 18.4 Å². The molecule has 0 atom stereocenters. The lowest BCUT2D eigenvalue weighted by atomic mass is 9.97. The smallest absolute Gasteiger partial charge is 0.307 e. The van der Waals surface area contributed by atoms with Crippen molar-refractivity contribution in [2.75, 3.05) is 0 Å². The van der Waals surface area contributed by atoms with Crippen LogP contribution in [0.2, 0.25) is 0 Å². The fourth-order valence-electron chi connectivity index (χ4n) is 6.96. The summed E-state index contributed by atoms with van der Waals surface area (Å²) < 4.78 is 46.3. The molecule has 0 aliphatic carbocycles. The Bertz CT molecular complexity index is 2710. The van der Waals surface area contributed by atoms with Gasteiger partial charge in [0.25, 0.3) is 0 Å². The first-order valence-corrected chi connectivity index (χ1v) is 15.3. The first-order valence-electron chi connectivity index (χ1n) is 15.3. The molecule has 0 amide bonds. The van der Waals surface area contributed by atoms with Crippen LogP contribution in [-0.4, -0.2) is 9.13 Å². The van der Waals surface area contributed by atoms with E-state index in [0.717, 1.165) is 66.9 Å². The summed E-state index contributed by atoms with van der Waals surface area (Å²) in [6.45, 7) is 11.6. The predicted octanol–water partition coefficient (Wildman–Crippen LogP) is 11.6. The van der Waals surface area contributed by atoms with Crippen LogP contribution in [0.5, 0.6) is 0 Å². The molecule has 0 unspecified atom stereocenters. The van der Waals surface area contributed by atoms with Crippen molar-refractivity contribution in [2.24, 2.45) is 0 Å². The minimum absolute atomic E-state index is 0.130. The van der Waals surface area contributed by atoms with Crippen molar-refractivity contribution in [1.29, 1.82) is 5.26 Å². The number of nitrogens with zero attached hydrogens (tertiary/aromatic N) is 4. The molecular weight excluding hydrogens is 605 g/mol. The maximum absolute atomic E-state index is 14.0. The van der Waals surface area contributed by atoms with E-state index in [2.05, 4.69) is 44.3 Å². The van der Waals surface area contributed by atoms with Gasteiger partial charge in [0.15, 0.2) is 5.69 Å². The number of hydrogen-bond acceptors (Lipinski definition) is 1. The lowest BCUT2D eigenvalue weighted by molar-refractivity contribution is -0.137. The largest absolute Gasteiger partial charge is 0.415 e. The standard InChI is InChI=1S/C41H25F3N4/c1-24-12-14-37-33(16-24)31-8-4-6-10-35(31)47(37)39-21-26(27-19-29(41(42,43)44)22-30(20-27)46-3)18-28(23-45)40(39)48-36-11-7-5-9-32(36)34-17-25(2)13-15-38(34)48/h4-22H,1-2H3. The number of fused-ring (bicyclic) bond motifs is 6. The lowest BCUT2D eigenvalue weighted by Crippen LogP contribution is -2.07. The second kappa shape index (κ2) is 10.6. The van der Waals surface area contributed by atoms with Gasteiger partial charge in [0.05, 0.1) is 45.6 Å². The molecule has 0 spiro atoms. The van der Waals surface area contributed by atoms with E-state index in [4.69, 9.17) is 6.57 Å². The normalized spacial score (nSPS) is 11.8. The monoisotopic (exact) mass is 630 g/mol. The summed E-state index contributed by atoms with van der Waals surface area (Å²) >= 11 is 0. The second-order valence-electron chi connectivity index (χ2n) is 12.1. The fourth-order valence-corrected chi connectivity index (χ4v) is 6.96.